The highest BCUT2D eigenvalue weighted by atomic mass is 32.2. The molecule has 4 bridgehead atoms. The molecule has 2 amide bonds. The summed E-state index contributed by atoms with van der Waals surface area (Å²) >= 11 is 1.12. The normalized spacial score (nSPS) is 30.9. The van der Waals surface area contributed by atoms with Crippen molar-refractivity contribution in [3.05, 3.63) is 33.9 Å². The molecule has 0 heterocycles. The van der Waals surface area contributed by atoms with Crippen molar-refractivity contribution < 1.29 is 14.5 Å². The number of primary amides is 1. The molecule has 0 aliphatic heterocycles. The number of carbonyl (C=O) groups excluding carboxylic acids is 2. The molecule has 4 aliphatic rings. The summed E-state index contributed by atoms with van der Waals surface area (Å²) in [6.45, 7) is 0. The van der Waals surface area contributed by atoms with Gasteiger partial charge in [0, 0.05) is 17.7 Å². The quantitative estimate of drug-likeness (QED) is 0.441. The van der Waals surface area contributed by atoms with E-state index in [4.69, 9.17) is 5.73 Å². The molecule has 7 nitrogen and oxygen atoms in total. The minimum absolute atomic E-state index is 0.0780. The summed E-state index contributed by atoms with van der Waals surface area (Å²) in [5, 5.41) is 14.5. The predicted molar refractivity (Wildman–Crippen MR) is 101 cm³/mol. The molecule has 0 unspecified atom stereocenters. The highest BCUT2D eigenvalue weighted by Crippen LogP contribution is 2.53. The SMILES string of the molecule is NC(=O)c1ccc(SCC(=O)NC2C3CC4CC(C3)CC2C4)c([N+](=O)[O-])c1. The van der Waals surface area contributed by atoms with Crippen LogP contribution < -0.4 is 11.1 Å². The summed E-state index contributed by atoms with van der Waals surface area (Å²) in [6.07, 6.45) is 6.28. The first kappa shape index (κ1) is 18.3. The molecule has 0 radical (unpaired) electrons. The van der Waals surface area contributed by atoms with Crippen molar-refractivity contribution in [1.29, 1.82) is 0 Å². The monoisotopic (exact) mass is 389 g/mol. The van der Waals surface area contributed by atoms with Gasteiger partial charge in [0.1, 0.15) is 0 Å². The minimum Gasteiger partial charge on any atom is -0.366 e. The van der Waals surface area contributed by atoms with E-state index in [2.05, 4.69) is 5.32 Å². The smallest absolute Gasteiger partial charge is 0.283 e. The second kappa shape index (κ2) is 7.14. The van der Waals surface area contributed by atoms with Gasteiger partial charge in [0.2, 0.25) is 11.8 Å². The average Bonchev–Trinajstić information content (AvgIpc) is 2.62. The van der Waals surface area contributed by atoms with Crippen LogP contribution in [0.25, 0.3) is 0 Å². The number of thioether (sulfide) groups is 1. The van der Waals surface area contributed by atoms with Gasteiger partial charge in [-0.1, -0.05) is 0 Å². The molecule has 4 aliphatic carbocycles. The highest BCUT2D eigenvalue weighted by Gasteiger charge is 2.48. The lowest BCUT2D eigenvalue weighted by atomic mass is 9.54. The molecule has 4 fully saturated rings. The van der Waals surface area contributed by atoms with Crippen molar-refractivity contribution in [1.82, 2.24) is 5.32 Å². The number of hydrogen-bond donors (Lipinski definition) is 2. The number of carbonyl (C=O) groups is 2. The van der Waals surface area contributed by atoms with Gasteiger partial charge in [-0.25, -0.2) is 0 Å². The fourth-order valence-corrected chi connectivity index (χ4v) is 6.28. The van der Waals surface area contributed by atoms with E-state index < -0.39 is 10.8 Å². The Morgan fingerprint density at radius 1 is 1.15 bits per heavy atom. The highest BCUT2D eigenvalue weighted by molar-refractivity contribution is 8.00. The number of nitro groups is 1. The lowest BCUT2D eigenvalue weighted by Crippen LogP contribution is -2.56. The van der Waals surface area contributed by atoms with Crippen molar-refractivity contribution in [2.45, 2.75) is 43.0 Å². The van der Waals surface area contributed by atoms with Gasteiger partial charge in [-0.15, -0.1) is 11.8 Å². The number of benzene rings is 1. The van der Waals surface area contributed by atoms with Gasteiger partial charge >= 0.3 is 0 Å². The van der Waals surface area contributed by atoms with Gasteiger partial charge in [0.25, 0.3) is 5.69 Å². The Labute approximate surface area is 161 Å². The zero-order valence-corrected chi connectivity index (χ0v) is 15.7. The van der Waals surface area contributed by atoms with E-state index in [-0.39, 0.29) is 29.0 Å². The molecule has 144 valence electrons. The van der Waals surface area contributed by atoms with Crippen LogP contribution in [0.5, 0.6) is 0 Å². The molecule has 0 atom stereocenters. The van der Waals surface area contributed by atoms with Crippen molar-refractivity contribution in [2.75, 3.05) is 5.75 Å². The number of amides is 2. The zero-order chi connectivity index (χ0) is 19.1. The maximum Gasteiger partial charge on any atom is 0.283 e. The molecule has 8 heteroatoms. The van der Waals surface area contributed by atoms with Crippen LogP contribution in [-0.4, -0.2) is 28.5 Å². The van der Waals surface area contributed by atoms with E-state index in [0.29, 0.717) is 16.7 Å². The Morgan fingerprint density at radius 3 is 2.33 bits per heavy atom. The third kappa shape index (κ3) is 3.67. The van der Waals surface area contributed by atoms with Crippen LogP contribution in [0.2, 0.25) is 0 Å². The lowest BCUT2D eigenvalue weighted by Gasteiger charge is -2.54. The molecule has 0 aromatic heterocycles. The van der Waals surface area contributed by atoms with Crippen LogP contribution in [0.1, 0.15) is 42.5 Å². The van der Waals surface area contributed by atoms with E-state index in [9.17, 15) is 19.7 Å². The van der Waals surface area contributed by atoms with Crippen LogP contribution in [0.15, 0.2) is 23.1 Å². The van der Waals surface area contributed by atoms with E-state index in [0.717, 1.165) is 23.6 Å². The Balaban J connectivity index is 1.38. The number of hydrogen-bond acceptors (Lipinski definition) is 5. The van der Waals surface area contributed by atoms with Gasteiger partial charge < -0.3 is 11.1 Å². The third-order valence-corrected chi connectivity index (χ3v) is 7.42. The summed E-state index contributed by atoms with van der Waals surface area (Å²) in [4.78, 5) is 34.8. The molecule has 27 heavy (non-hydrogen) atoms. The average molecular weight is 389 g/mol. The van der Waals surface area contributed by atoms with E-state index >= 15 is 0 Å². The summed E-state index contributed by atoms with van der Waals surface area (Å²) in [5.41, 5.74) is 5.08. The first-order valence-electron chi connectivity index (χ1n) is 9.41. The molecule has 3 N–H and O–H groups in total. The van der Waals surface area contributed by atoms with Gasteiger partial charge in [-0.2, -0.15) is 0 Å². The largest absolute Gasteiger partial charge is 0.366 e. The zero-order valence-electron chi connectivity index (χ0n) is 14.9. The van der Waals surface area contributed by atoms with Crippen molar-refractivity contribution >= 4 is 29.3 Å². The van der Waals surface area contributed by atoms with Gasteiger partial charge in [-0.05, 0) is 67.9 Å². The Morgan fingerprint density at radius 2 is 1.78 bits per heavy atom. The van der Waals surface area contributed by atoms with Gasteiger partial charge in [0.05, 0.1) is 15.6 Å². The van der Waals surface area contributed by atoms with Crippen LogP contribution >= 0.6 is 11.8 Å². The standard InChI is InChI=1S/C19H23N3O4S/c20-19(24)12-1-2-16(15(8-12)22(25)26)27-9-17(23)21-18-13-4-10-3-11(6-13)7-14(18)5-10/h1-2,8,10-11,13-14,18H,3-7,9H2,(H2,20,24)(H,21,23). The minimum atomic E-state index is -0.714. The number of nitrogens with two attached hydrogens (primary N) is 1. The fourth-order valence-electron chi connectivity index (χ4n) is 5.47. The lowest BCUT2D eigenvalue weighted by molar-refractivity contribution is -0.387. The van der Waals surface area contributed by atoms with Crippen LogP contribution in [0, 0.1) is 33.8 Å². The van der Waals surface area contributed by atoms with Crippen molar-refractivity contribution in [2.24, 2.45) is 29.4 Å². The Bertz CT molecular complexity index is 769. The summed E-state index contributed by atoms with van der Waals surface area (Å²) in [5.74, 6) is 2.22. The number of nitro benzene ring substituents is 1. The Hall–Kier alpha value is -2.09. The second-order valence-corrected chi connectivity index (χ2v) is 9.13. The fraction of sp³-hybridized carbons (Fsp3) is 0.579. The van der Waals surface area contributed by atoms with Gasteiger partial charge in [0.15, 0.2) is 0 Å². The van der Waals surface area contributed by atoms with Crippen molar-refractivity contribution in [3.8, 4) is 0 Å². The first-order valence-corrected chi connectivity index (χ1v) is 10.4. The summed E-state index contributed by atoms with van der Waals surface area (Å²) in [7, 11) is 0. The molecule has 0 spiro atoms. The number of rotatable bonds is 6. The van der Waals surface area contributed by atoms with E-state index in [1.54, 1.807) is 0 Å². The number of nitrogens with zero attached hydrogens (tertiary/aromatic N) is 1. The van der Waals surface area contributed by atoms with Crippen LogP contribution in [-0.2, 0) is 4.79 Å². The molecular weight excluding hydrogens is 366 g/mol. The third-order valence-electron chi connectivity index (χ3n) is 6.35. The van der Waals surface area contributed by atoms with E-state index in [1.165, 1.54) is 50.3 Å². The topological polar surface area (TPSA) is 115 Å². The molecule has 0 saturated heterocycles. The second-order valence-electron chi connectivity index (χ2n) is 8.12. The van der Waals surface area contributed by atoms with Gasteiger partial charge in [-0.3, -0.25) is 19.7 Å². The number of nitrogens with one attached hydrogen (secondary N) is 1. The molecular formula is C19H23N3O4S. The summed E-state index contributed by atoms with van der Waals surface area (Å²) < 4.78 is 0. The summed E-state index contributed by atoms with van der Waals surface area (Å²) in [6, 6.07) is 4.37. The first-order chi connectivity index (χ1) is 12.9. The van der Waals surface area contributed by atoms with Crippen molar-refractivity contribution in [3.63, 3.8) is 0 Å². The predicted octanol–water partition coefficient (Wildman–Crippen LogP) is 2.73. The maximum absolute atomic E-state index is 12.5. The Kier molecular flexibility index (Phi) is 4.84. The molecule has 1 aromatic rings. The van der Waals surface area contributed by atoms with E-state index in [1.807, 2.05) is 0 Å². The van der Waals surface area contributed by atoms with Crippen LogP contribution in [0.3, 0.4) is 0 Å². The van der Waals surface area contributed by atoms with Crippen LogP contribution in [0.4, 0.5) is 5.69 Å². The maximum atomic E-state index is 12.5. The molecule has 1 aromatic carbocycles. The molecule has 5 rings (SSSR count). The molecule has 4 saturated carbocycles.